The molecular weight excluding hydrogens is 723 g/mol. The molecule has 4 heteroatoms. The summed E-state index contributed by atoms with van der Waals surface area (Å²) in [5, 5.41) is 10.3. The van der Waals surface area contributed by atoms with Gasteiger partial charge in [-0.25, -0.2) is 0 Å². The van der Waals surface area contributed by atoms with Crippen molar-refractivity contribution in [3.8, 4) is 16.8 Å². The van der Waals surface area contributed by atoms with E-state index in [1.165, 1.54) is 91.2 Å². The Morgan fingerprint density at radius 3 is 1.55 bits per heavy atom. The molecule has 58 heavy (non-hydrogen) atoms. The second-order valence-electron chi connectivity index (χ2n) is 15.3. The largest absolute Gasteiger partial charge is 0.309 e. The number of anilines is 3. The number of aromatic nitrogens is 2. The van der Waals surface area contributed by atoms with Crippen LogP contribution in [0.3, 0.4) is 0 Å². The molecule has 0 atom stereocenters. The van der Waals surface area contributed by atoms with Crippen molar-refractivity contribution >= 4 is 108 Å². The number of rotatable bonds is 5. The van der Waals surface area contributed by atoms with Gasteiger partial charge < -0.3 is 13.9 Å². The molecule has 0 N–H and O–H groups in total. The highest BCUT2D eigenvalue weighted by Crippen LogP contribution is 2.46. The van der Waals surface area contributed by atoms with Crippen LogP contribution in [-0.2, 0) is 0 Å². The van der Waals surface area contributed by atoms with Crippen LogP contribution in [-0.4, -0.2) is 8.97 Å². The quantitative estimate of drug-likeness (QED) is 0.170. The summed E-state index contributed by atoms with van der Waals surface area (Å²) in [5.41, 5.74) is 13.0. The minimum Gasteiger partial charge on any atom is -0.309 e. The number of fused-ring (bicyclic) bond motifs is 12. The van der Waals surface area contributed by atoms with E-state index in [0.717, 1.165) is 22.7 Å². The van der Waals surface area contributed by atoms with Crippen LogP contribution >= 0.6 is 11.3 Å². The van der Waals surface area contributed by atoms with Gasteiger partial charge in [-0.3, -0.25) is 0 Å². The van der Waals surface area contributed by atoms with Gasteiger partial charge in [-0.2, -0.15) is 0 Å². The summed E-state index contributed by atoms with van der Waals surface area (Å²) >= 11 is 1.86. The van der Waals surface area contributed by atoms with Crippen molar-refractivity contribution in [2.24, 2.45) is 0 Å². The Balaban J connectivity index is 1.02. The fraction of sp³-hybridized carbons (Fsp3) is 0. The molecule has 0 aliphatic heterocycles. The number of nitrogens with zero attached hydrogens (tertiary/aromatic N) is 3. The number of para-hydroxylation sites is 5. The molecule has 0 saturated carbocycles. The Hall–Kier alpha value is -7.40. The van der Waals surface area contributed by atoms with Crippen LogP contribution in [0.15, 0.2) is 200 Å². The number of hydrogen-bond donors (Lipinski definition) is 0. The zero-order valence-electron chi connectivity index (χ0n) is 31.3. The minimum absolute atomic E-state index is 1.10. The zero-order valence-corrected chi connectivity index (χ0v) is 32.1. The lowest BCUT2D eigenvalue weighted by atomic mass is 10.0. The van der Waals surface area contributed by atoms with Crippen molar-refractivity contribution in [1.29, 1.82) is 0 Å². The van der Waals surface area contributed by atoms with Crippen LogP contribution in [0.2, 0.25) is 0 Å². The molecule has 4 aromatic heterocycles. The van der Waals surface area contributed by atoms with Crippen LogP contribution in [0.5, 0.6) is 0 Å². The number of hydrogen-bond acceptors (Lipinski definition) is 2. The lowest BCUT2D eigenvalue weighted by Crippen LogP contribution is -2.11. The van der Waals surface area contributed by atoms with Crippen molar-refractivity contribution in [2.75, 3.05) is 4.90 Å². The number of thiophene rings is 1. The van der Waals surface area contributed by atoms with Crippen LogP contribution in [0.25, 0.3) is 96.9 Å². The highest BCUT2D eigenvalue weighted by atomic mass is 32.1. The van der Waals surface area contributed by atoms with E-state index in [2.05, 4.69) is 214 Å². The van der Waals surface area contributed by atoms with Crippen molar-refractivity contribution in [1.82, 2.24) is 8.97 Å². The third-order valence-corrected chi connectivity index (χ3v) is 13.4. The van der Waals surface area contributed by atoms with E-state index in [1.54, 1.807) is 0 Å². The molecule has 270 valence electrons. The molecule has 0 unspecified atom stereocenters. The lowest BCUT2D eigenvalue weighted by molar-refractivity contribution is 1.17. The van der Waals surface area contributed by atoms with E-state index in [1.807, 2.05) is 11.3 Å². The highest BCUT2D eigenvalue weighted by Gasteiger charge is 2.23. The summed E-state index contributed by atoms with van der Waals surface area (Å²) in [6, 6.07) is 73.7. The smallest absolute Gasteiger partial charge is 0.0782 e. The van der Waals surface area contributed by atoms with Gasteiger partial charge in [-0.05, 0) is 90.0 Å². The summed E-state index contributed by atoms with van der Waals surface area (Å²) in [4.78, 5) is 2.44. The molecule has 13 rings (SSSR count). The molecule has 13 aromatic rings. The molecule has 9 aromatic carbocycles. The Kier molecular flexibility index (Phi) is 6.60. The molecule has 0 saturated heterocycles. The topological polar surface area (TPSA) is 12.6 Å². The van der Waals surface area contributed by atoms with E-state index in [9.17, 15) is 0 Å². The van der Waals surface area contributed by atoms with Crippen LogP contribution in [0.4, 0.5) is 17.1 Å². The van der Waals surface area contributed by atoms with Gasteiger partial charge in [0.05, 0.1) is 33.3 Å². The SMILES string of the molecule is c1ccc2c(c1)sc1ccc(-c3ccc(N(c4ccc(-n5c6ccccc6c6ccccc65)cc4)c4cccc5c6cccc7c8ccccc8n(c45)c76)cc3)cc12. The van der Waals surface area contributed by atoms with Crippen molar-refractivity contribution in [2.45, 2.75) is 0 Å². The predicted molar refractivity (Wildman–Crippen MR) is 248 cm³/mol. The van der Waals surface area contributed by atoms with Gasteiger partial charge >= 0.3 is 0 Å². The van der Waals surface area contributed by atoms with Gasteiger partial charge in [-0.1, -0.05) is 121 Å². The van der Waals surface area contributed by atoms with E-state index >= 15 is 0 Å². The first-order chi connectivity index (χ1) is 28.8. The molecule has 0 bridgehead atoms. The van der Waals surface area contributed by atoms with Gasteiger partial charge in [0.1, 0.15) is 0 Å². The second-order valence-corrected chi connectivity index (χ2v) is 16.4. The molecule has 0 aliphatic rings. The molecular formula is C54H33N3S. The Morgan fingerprint density at radius 1 is 0.345 bits per heavy atom. The summed E-state index contributed by atoms with van der Waals surface area (Å²) in [5.74, 6) is 0. The molecule has 0 aliphatic carbocycles. The summed E-state index contributed by atoms with van der Waals surface area (Å²) in [7, 11) is 0. The van der Waals surface area contributed by atoms with Crippen molar-refractivity contribution in [3.63, 3.8) is 0 Å². The molecule has 4 heterocycles. The fourth-order valence-electron chi connectivity index (χ4n) is 9.72. The first kappa shape index (κ1) is 31.8. The summed E-state index contributed by atoms with van der Waals surface area (Å²) in [6.45, 7) is 0. The predicted octanol–water partition coefficient (Wildman–Crippen LogP) is 15.4. The third-order valence-electron chi connectivity index (χ3n) is 12.2. The monoisotopic (exact) mass is 755 g/mol. The Morgan fingerprint density at radius 2 is 0.845 bits per heavy atom. The van der Waals surface area contributed by atoms with E-state index in [0.29, 0.717) is 0 Å². The van der Waals surface area contributed by atoms with Crippen molar-refractivity contribution < 1.29 is 0 Å². The average molecular weight is 756 g/mol. The maximum atomic E-state index is 2.50. The summed E-state index contributed by atoms with van der Waals surface area (Å²) < 4.78 is 7.54. The molecule has 0 amide bonds. The van der Waals surface area contributed by atoms with E-state index in [4.69, 9.17) is 0 Å². The maximum absolute atomic E-state index is 2.50. The van der Waals surface area contributed by atoms with Gasteiger partial charge in [0.2, 0.25) is 0 Å². The van der Waals surface area contributed by atoms with Crippen LogP contribution in [0, 0.1) is 0 Å². The maximum Gasteiger partial charge on any atom is 0.0782 e. The van der Waals surface area contributed by atoms with Gasteiger partial charge in [0.25, 0.3) is 0 Å². The normalized spacial score (nSPS) is 12.1. The van der Waals surface area contributed by atoms with Gasteiger partial charge in [-0.15, -0.1) is 11.3 Å². The van der Waals surface area contributed by atoms with E-state index in [-0.39, 0.29) is 0 Å². The standard InChI is InChI=1S/C54H33N3S/c1-5-18-47-39(11-1)40-12-2-6-19-48(40)56(47)38-30-28-37(29-31-38)55(36-26-23-34(24-27-36)35-25-32-52-46(33-35)42-14-4-8-22-51(42)58-52)50-21-10-17-45-44-16-9-15-43-41-13-3-7-20-49(41)57(53(43)44)54(45)50/h1-33H. The number of benzene rings is 9. The van der Waals surface area contributed by atoms with Crippen LogP contribution in [0.1, 0.15) is 0 Å². The fourth-order valence-corrected chi connectivity index (χ4v) is 10.8. The third kappa shape index (κ3) is 4.43. The van der Waals surface area contributed by atoms with Crippen molar-refractivity contribution in [3.05, 3.63) is 200 Å². The molecule has 0 fully saturated rings. The zero-order chi connectivity index (χ0) is 37.9. The molecule has 0 radical (unpaired) electrons. The van der Waals surface area contributed by atoms with Gasteiger partial charge in [0, 0.05) is 69.6 Å². The molecule has 0 spiro atoms. The highest BCUT2D eigenvalue weighted by molar-refractivity contribution is 7.25. The van der Waals surface area contributed by atoms with Gasteiger partial charge in [0.15, 0.2) is 0 Å². The molecule has 3 nitrogen and oxygen atoms in total. The summed E-state index contributed by atoms with van der Waals surface area (Å²) in [6.07, 6.45) is 0. The second kappa shape index (κ2) is 12.1. The first-order valence-electron chi connectivity index (χ1n) is 19.8. The van der Waals surface area contributed by atoms with E-state index < -0.39 is 0 Å². The lowest BCUT2D eigenvalue weighted by Gasteiger charge is -2.27. The average Bonchev–Trinajstić information content (AvgIpc) is 4.03. The first-order valence-corrected chi connectivity index (χ1v) is 20.7. The van der Waals surface area contributed by atoms with Crippen LogP contribution < -0.4 is 4.90 Å². The Labute approximate surface area is 337 Å². The minimum atomic E-state index is 1.10. The Bertz CT molecular complexity index is 3680.